The SMILES string of the molecule is O=C(NCc1cccc(CN2CCc3ccccc3C2)c1)C1CCN(Cc2nc(-c3ccc(Cl)cc3Cl)no2)CC1. The molecular formula is C32H33Cl2N5O2. The van der Waals surface area contributed by atoms with Crippen molar-refractivity contribution in [2.75, 3.05) is 19.6 Å². The van der Waals surface area contributed by atoms with E-state index in [1.165, 1.54) is 16.7 Å². The highest BCUT2D eigenvalue weighted by Crippen LogP contribution is 2.29. The van der Waals surface area contributed by atoms with Gasteiger partial charge in [0.15, 0.2) is 0 Å². The van der Waals surface area contributed by atoms with Gasteiger partial charge in [-0.2, -0.15) is 4.98 Å². The van der Waals surface area contributed by atoms with Gasteiger partial charge in [0.1, 0.15) is 0 Å². The van der Waals surface area contributed by atoms with Gasteiger partial charge in [0, 0.05) is 42.7 Å². The Bertz CT molecular complexity index is 1520. The van der Waals surface area contributed by atoms with E-state index in [0.29, 0.717) is 40.4 Å². The van der Waals surface area contributed by atoms with E-state index in [1.807, 2.05) is 0 Å². The molecular weight excluding hydrogens is 557 g/mol. The number of hydrogen-bond donors (Lipinski definition) is 1. The number of fused-ring (bicyclic) bond motifs is 1. The van der Waals surface area contributed by atoms with Crippen molar-refractivity contribution < 1.29 is 9.32 Å². The summed E-state index contributed by atoms with van der Waals surface area (Å²) in [5, 5.41) is 8.29. The van der Waals surface area contributed by atoms with Crippen molar-refractivity contribution in [1.82, 2.24) is 25.3 Å². The molecule has 1 N–H and O–H groups in total. The Balaban J connectivity index is 0.955. The first-order valence-electron chi connectivity index (χ1n) is 14.2. The lowest BCUT2D eigenvalue weighted by atomic mass is 9.95. The van der Waals surface area contributed by atoms with E-state index < -0.39 is 0 Å². The van der Waals surface area contributed by atoms with Gasteiger partial charge in [-0.1, -0.05) is 76.9 Å². The molecule has 1 amide bonds. The molecule has 212 valence electrons. The van der Waals surface area contributed by atoms with Crippen LogP contribution in [0.15, 0.2) is 71.3 Å². The summed E-state index contributed by atoms with van der Waals surface area (Å²) in [4.78, 5) is 22.2. The van der Waals surface area contributed by atoms with E-state index in [9.17, 15) is 4.79 Å². The molecule has 3 heterocycles. The Hall–Kier alpha value is -3.23. The standard InChI is InChI=1S/C32H33Cl2N5O2/c33-27-8-9-28(29(34)17-27)31-36-30(41-37-31)21-38-13-11-25(12-14-38)32(40)35-18-22-4-3-5-23(16-22)19-39-15-10-24-6-1-2-7-26(24)20-39/h1-9,16-17,25H,10-15,18-21H2,(H,35,40). The largest absolute Gasteiger partial charge is 0.352 e. The number of nitrogens with zero attached hydrogens (tertiary/aromatic N) is 4. The van der Waals surface area contributed by atoms with Crippen LogP contribution in [-0.4, -0.2) is 45.5 Å². The molecule has 2 aliphatic heterocycles. The summed E-state index contributed by atoms with van der Waals surface area (Å²) in [6.07, 6.45) is 2.69. The number of carbonyl (C=O) groups excluding carboxylic acids is 1. The van der Waals surface area contributed by atoms with Crippen molar-refractivity contribution in [3.63, 3.8) is 0 Å². The topological polar surface area (TPSA) is 74.5 Å². The van der Waals surface area contributed by atoms with Crippen molar-refractivity contribution in [3.8, 4) is 11.4 Å². The maximum atomic E-state index is 13.0. The number of piperidine rings is 1. The number of amides is 1. The summed E-state index contributed by atoms with van der Waals surface area (Å²) in [6, 6.07) is 22.5. The Morgan fingerprint density at radius 3 is 2.54 bits per heavy atom. The van der Waals surface area contributed by atoms with E-state index in [2.05, 4.69) is 73.8 Å². The Morgan fingerprint density at radius 1 is 0.902 bits per heavy atom. The van der Waals surface area contributed by atoms with E-state index >= 15 is 0 Å². The summed E-state index contributed by atoms with van der Waals surface area (Å²) in [7, 11) is 0. The van der Waals surface area contributed by atoms with Gasteiger partial charge in [-0.05, 0) is 72.8 Å². The molecule has 3 aromatic carbocycles. The van der Waals surface area contributed by atoms with Gasteiger partial charge in [0.2, 0.25) is 17.6 Å². The van der Waals surface area contributed by atoms with Crippen LogP contribution < -0.4 is 5.32 Å². The molecule has 1 fully saturated rings. The fourth-order valence-electron chi connectivity index (χ4n) is 5.76. The highest BCUT2D eigenvalue weighted by molar-refractivity contribution is 6.36. The predicted molar refractivity (Wildman–Crippen MR) is 160 cm³/mol. The maximum Gasteiger partial charge on any atom is 0.241 e. The number of halogens is 2. The summed E-state index contributed by atoms with van der Waals surface area (Å²) < 4.78 is 5.47. The molecule has 4 aromatic rings. The van der Waals surface area contributed by atoms with Gasteiger partial charge in [0.25, 0.3) is 0 Å². The number of aromatic nitrogens is 2. The van der Waals surface area contributed by atoms with Crippen LogP contribution >= 0.6 is 23.2 Å². The first kappa shape index (κ1) is 27.9. The third kappa shape index (κ3) is 6.99. The Labute approximate surface area is 250 Å². The minimum Gasteiger partial charge on any atom is -0.352 e. The lowest BCUT2D eigenvalue weighted by Crippen LogP contribution is -2.40. The average molecular weight is 591 g/mol. The lowest BCUT2D eigenvalue weighted by Gasteiger charge is -2.30. The first-order chi connectivity index (χ1) is 20.0. The average Bonchev–Trinajstić information content (AvgIpc) is 3.44. The molecule has 0 atom stereocenters. The van der Waals surface area contributed by atoms with E-state index in [0.717, 1.165) is 57.5 Å². The van der Waals surface area contributed by atoms with Crippen LogP contribution in [0.25, 0.3) is 11.4 Å². The van der Waals surface area contributed by atoms with Crippen LogP contribution in [0.1, 0.15) is 41.0 Å². The van der Waals surface area contributed by atoms with E-state index in [1.54, 1.807) is 18.2 Å². The molecule has 7 nitrogen and oxygen atoms in total. The van der Waals surface area contributed by atoms with E-state index in [-0.39, 0.29) is 11.8 Å². The van der Waals surface area contributed by atoms with Crippen LogP contribution in [0.5, 0.6) is 0 Å². The second kappa shape index (κ2) is 12.7. The number of nitrogens with one attached hydrogen (secondary N) is 1. The molecule has 0 bridgehead atoms. The molecule has 0 spiro atoms. The maximum absolute atomic E-state index is 13.0. The van der Waals surface area contributed by atoms with Crippen LogP contribution in [0.3, 0.4) is 0 Å². The second-order valence-electron chi connectivity index (χ2n) is 11.0. The van der Waals surface area contributed by atoms with Crippen LogP contribution in [0.4, 0.5) is 0 Å². The van der Waals surface area contributed by atoms with Crippen molar-refractivity contribution in [1.29, 1.82) is 0 Å². The molecule has 0 aliphatic carbocycles. The minimum atomic E-state index is 0.00831. The van der Waals surface area contributed by atoms with Crippen molar-refractivity contribution >= 4 is 29.1 Å². The van der Waals surface area contributed by atoms with Gasteiger partial charge in [-0.3, -0.25) is 14.6 Å². The highest BCUT2D eigenvalue weighted by Gasteiger charge is 2.26. The molecule has 0 unspecified atom stereocenters. The number of rotatable bonds is 8. The summed E-state index contributed by atoms with van der Waals surface area (Å²) in [5.74, 6) is 1.11. The minimum absolute atomic E-state index is 0.00831. The van der Waals surface area contributed by atoms with Gasteiger partial charge in [0.05, 0.1) is 11.6 Å². The molecule has 41 heavy (non-hydrogen) atoms. The first-order valence-corrected chi connectivity index (χ1v) is 14.9. The smallest absolute Gasteiger partial charge is 0.241 e. The number of carbonyl (C=O) groups is 1. The lowest BCUT2D eigenvalue weighted by molar-refractivity contribution is -0.126. The molecule has 1 saturated heterocycles. The van der Waals surface area contributed by atoms with Crippen molar-refractivity contribution in [2.45, 2.75) is 45.4 Å². The third-order valence-electron chi connectivity index (χ3n) is 8.03. The van der Waals surface area contributed by atoms with Crippen LogP contribution in [0.2, 0.25) is 10.0 Å². The Morgan fingerprint density at radius 2 is 1.71 bits per heavy atom. The third-order valence-corrected chi connectivity index (χ3v) is 8.58. The van der Waals surface area contributed by atoms with Crippen molar-refractivity contribution in [3.05, 3.63) is 105 Å². The molecule has 0 saturated carbocycles. The molecule has 0 radical (unpaired) electrons. The van der Waals surface area contributed by atoms with Crippen LogP contribution in [-0.2, 0) is 37.4 Å². The number of hydrogen-bond acceptors (Lipinski definition) is 6. The normalized spacial score (nSPS) is 16.4. The monoisotopic (exact) mass is 589 g/mol. The highest BCUT2D eigenvalue weighted by atomic mass is 35.5. The van der Waals surface area contributed by atoms with Crippen molar-refractivity contribution in [2.24, 2.45) is 5.92 Å². The summed E-state index contributed by atoms with van der Waals surface area (Å²) >= 11 is 12.3. The zero-order chi connectivity index (χ0) is 28.2. The van der Waals surface area contributed by atoms with Gasteiger partial charge < -0.3 is 9.84 Å². The fourth-order valence-corrected chi connectivity index (χ4v) is 6.26. The van der Waals surface area contributed by atoms with Gasteiger partial charge in [-0.15, -0.1) is 0 Å². The molecule has 6 rings (SSSR count). The quantitative estimate of drug-likeness (QED) is 0.266. The fraction of sp³-hybridized carbons (Fsp3) is 0.344. The zero-order valence-electron chi connectivity index (χ0n) is 22.9. The zero-order valence-corrected chi connectivity index (χ0v) is 24.4. The summed E-state index contributed by atoms with van der Waals surface area (Å²) in [6.45, 7) is 5.66. The van der Waals surface area contributed by atoms with Crippen LogP contribution in [0, 0.1) is 5.92 Å². The second-order valence-corrected chi connectivity index (χ2v) is 11.8. The molecule has 2 aliphatic rings. The molecule has 9 heteroatoms. The predicted octanol–water partition coefficient (Wildman–Crippen LogP) is 6.13. The molecule has 1 aromatic heterocycles. The Kier molecular flexibility index (Phi) is 8.67. The van der Waals surface area contributed by atoms with E-state index in [4.69, 9.17) is 27.7 Å². The number of benzene rings is 3. The number of likely N-dealkylation sites (tertiary alicyclic amines) is 1. The van der Waals surface area contributed by atoms with Gasteiger partial charge in [-0.25, -0.2) is 0 Å². The summed E-state index contributed by atoms with van der Waals surface area (Å²) in [5.41, 5.74) is 6.00. The van der Waals surface area contributed by atoms with Gasteiger partial charge >= 0.3 is 0 Å².